The van der Waals surface area contributed by atoms with E-state index in [0.29, 0.717) is 12.1 Å². The average Bonchev–Trinajstić information content (AvgIpc) is 2.56. The van der Waals surface area contributed by atoms with Crippen molar-refractivity contribution >= 4 is 5.91 Å². The van der Waals surface area contributed by atoms with Gasteiger partial charge >= 0.3 is 0 Å². The van der Waals surface area contributed by atoms with Gasteiger partial charge in [-0.1, -0.05) is 48.5 Å². The molecule has 0 aromatic heterocycles. The Hall–Kier alpha value is -2.60. The van der Waals surface area contributed by atoms with Gasteiger partial charge < -0.3 is 4.90 Å². The summed E-state index contributed by atoms with van der Waals surface area (Å²) in [5.41, 5.74) is 1.78. The lowest BCUT2D eigenvalue weighted by molar-refractivity contribution is 0.0730. The van der Waals surface area contributed by atoms with Gasteiger partial charge in [0, 0.05) is 12.1 Å². The SMILES string of the molecule is C[C@@H](C#N)N(CCc1ccccc1)C(=O)c1ccccc1. The predicted molar refractivity (Wildman–Crippen MR) is 82.7 cm³/mol. The molecule has 0 heterocycles. The summed E-state index contributed by atoms with van der Waals surface area (Å²) in [6, 6.07) is 20.8. The van der Waals surface area contributed by atoms with Crippen molar-refractivity contribution in [3.63, 3.8) is 0 Å². The van der Waals surface area contributed by atoms with E-state index in [9.17, 15) is 4.79 Å². The Morgan fingerprint density at radius 1 is 1.10 bits per heavy atom. The summed E-state index contributed by atoms with van der Waals surface area (Å²) in [7, 11) is 0. The maximum Gasteiger partial charge on any atom is 0.254 e. The van der Waals surface area contributed by atoms with Crippen molar-refractivity contribution in [3.8, 4) is 6.07 Å². The maximum absolute atomic E-state index is 12.5. The molecule has 0 radical (unpaired) electrons. The van der Waals surface area contributed by atoms with Crippen molar-refractivity contribution in [3.05, 3.63) is 71.8 Å². The Kier molecular flexibility index (Phi) is 5.11. The molecule has 2 rings (SSSR count). The Morgan fingerprint density at radius 2 is 1.67 bits per heavy atom. The van der Waals surface area contributed by atoms with Gasteiger partial charge in [0.15, 0.2) is 0 Å². The molecule has 1 amide bonds. The third-order valence-corrected chi connectivity index (χ3v) is 3.42. The van der Waals surface area contributed by atoms with E-state index in [-0.39, 0.29) is 5.91 Å². The van der Waals surface area contributed by atoms with Gasteiger partial charge in [-0.05, 0) is 31.0 Å². The highest BCUT2D eigenvalue weighted by atomic mass is 16.2. The molecule has 2 aromatic rings. The molecular weight excluding hydrogens is 260 g/mol. The van der Waals surface area contributed by atoms with E-state index < -0.39 is 6.04 Å². The first-order valence-corrected chi connectivity index (χ1v) is 7.02. The zero-order chi connectivity index (χ0) is 15.1. The molecule has 0 unspecified atom stereocenters. The van der Waals surface area contributed by atoms with Crippen molar-refractivity contribution in [1.82, 2.24) is 4.90 Å². The van der Waals surface area contributed by atoms with Crippen LogP contribution in [0.1, 0.15) is 22.8 Å². The van der Waals surface area contributed by atoms with Gasteiger partial charge in [0.2, 0.25) is 0 Å². The number of nitrogens with zero attached hydrogens (tertiary/aromatic N) is 2. The predicted octanol–water partition coefficient (Wildman–Crippen LogP) is 3.28. The molecule has 0 fully saturated rings. The summed E-state index contributed by atoms with van der Waals surface area (Å²) < 4.78 is 0. The van der Waals surface area contributed by atoms with Gasteiger partial charge in [0.25, 0.3) is 5.91 Å². The number of hydrogen-bond donors (Lipinski definition) is 0. The molecule has 0 aliphatic carbocycles. The molecule has 21 heavy (non-hydrogen) atoms. The van der Waals surface area contributed by atoms with E-state index in [1.54, 1.807) is 24.0 Å². The minimum absolute atomic E-state index is 0.0967. The van der Waals surface area contributed by atoms with Crippen LogP contribution in [0.15, 0.2) is 60.7 Å². The average molecular weight is 278 g/mol. The van der Waals surface area contributed by atoms with Crippen LogP contribution in [0.25, 0.3) is 0 Å². The molecule has 2 aromatic carbocycles. The summed E-state index contributed by atoms with van der Waals surface area (Å²) in [6.45, 7) is 2.29. The van der Waals surface area contributed by atoms with Crippen molar-refractivity contribution < 1.29 is 4.79 Å². The number of benzene rings is 2. The van der Waals surface area contributed by atoms with Crippen molar-refractivity contribution in [1.29, 1.82) is 5.26 Å². The topological polar surface area (TPSA) is 44.1 Å². The zero-order valence-corrected chi connectivity index (χ0v) is 12.1. The van der Waals surface area contributed by atoms with E-state index in [1.165, 1.54) is 0 Å². The fourth-order valence-electron chi connectivity index (χ4n) is 2.18. The molecule has 3 heteroatoms. The summed E-state index contributed by atoms with van der Waals surface area (Å²) >= 11 is 0. The van der Waals surface area contributed by atoms with E-state index in [0.717, 1.165) is 12.0 Å². The second-order valence-corrected chi connectivity index (χ2v) is 4.91. The van der Waals surface area contributed by atoms with Gasteiger partial charge in [-0.2, -0.15) is 5.26 Å². The van der Waals surface area contributed by atoms with Crippen LogP contribution in [0.4, 0.5) is 0 Å². The third-order valence-electron chi connectivity index (χ3n) is 3.42. The van der Waals surface area contributed by atoms with E-state index in [1.807, 2.05) is 48.5 Å². The smallest absolute Gasteiger partial charge is 0.254 e. The molecule has 0 spiro atoms. The van der Waals surface area contributed by atoms with Crippen LogP contribution in [0.3, 0.4) is 0 Å². The summed E-state index contributed by atoms with van der Waals surface area (Å²) in [6.07, 6.45) is 0.742. The number of carbonyl (C=O) groups is 1. The van der Waals surface area contributed by atoms with Crippen LogP contribution in [0.2, 0.25) is 0 Å². The lowest BCUT2D eigenvalue weighted by Crippen LogP contribution is -2.39. The Balaban J connectivity index is 2.12. The summed E-state index contributed by atoms with van der Waals surface area (Å²) in [4.78, 5) is 14.2. The summed E-state index contributed by atoms with van der Waals surface area (Å²) in [5, 5.41) is 9.15. The molecule has 1 atom stereocenters. The number of amides is 1. The Morgan fingerprint density at radius 3 is 2.24 bits per heavy atom. The number of hydrogen-bond acceptors (Lipinski definition) is 2. The van der Waals surface area contributed by atoms with Gasteiger partial charge in [-0.25, -0.2) is 0 Å². The van der Waals surface area contributed by atoms with Crippen molar-refractivity contribution in [2.45, 2.75) is 19.4 Å². The van der Waals surface area contributed by atoms with E-state index >= 15 is 0 Å². The van der Waals surface area contributed by atoms with Crippen LogP contribution in [-0.4, -0.2) is 23.4 Å². The van der Waals surface area contributed by atoms with Crippen LogP contribution in [0, 0.1) is 11.3 Å². The van der Waals surface area contributed by atoms with Gasteiger partial charge in [0.1, 0.15) is 6.04 Å². The molecule has 0 aliphatic rings. The lowest BCUT2D eigenvalue weighted by atomic mass is 10.1. The number of rotatable bonds is 5. The highest BCUT2D eigenvalue weighted by Crippen LogP contribution is 2.10. The number of nitriles is 1. The van der Waals surface area contributed by atoms with E-state index in [4.69, 9.17) is 5.26 Å². The normalized spacial score (nSPS) is 11.4. The van der Waals surface area contributed by atoms with Gasteiger partial charge in [0.05, 0.1) is 6.07 Å². The van der Waals surface area contributed by atoms with Gasteiger partial charge in [-0.15, -0.1) is 0 Å². The molecule has 3 nitrogen and oxygen atoms in total. The second-order valence-electron chi connectivity index (χ2n) is 4.91. The Labute approximate surface area is 125 Å². The lowest BCUT2D eigenvalue weighted by Gasteiger charge is -2.25. The molecule has 0 bridgehead atoms. The fraction of sp³-hybridized carbons (Fsp3) is 0.222. The molecule has 0 saturated carbocycles. The quantitative estimate of drug-likeness (QED) is 0.842. The van der Waals surface area contributed by atoms with E-state index in [2.05, 4.69) is 6.07 Å². The minimum Gasteiger partial charge on any atom is -0.323 e. The minimum atomic E-state index is -0.443. The van der Waals surface area contributed by atoms with Crippen LogP contribution in [-0.2, 0) is 6.42 Å². The highest BCUT2D eigenvalue weighted by molar-refractivity contribution is 5.94. The zero-order valence-electron chi connectivity index (χ0n) is 12.1. The molecular formula is C18H18N2O. The van der Waals surface area contributed by atoms with Crippen LogP contribution in [0.5, 0.6) is 0 Å². The fourth-order valence-corrected chi connectivity index (χ4v) is 2.18. The first-order valence-electron chi connectivity index (χ1n) is 7.02. The highest BCUT2D eigenvalue weighted by Gasteiger charge is 2.20. The molecule has 0 aliphatic heterocycles. The second kappa shape index (κ2) is 7.25. The maximum atomic E-state index is 12.5. The Bertz CT molecular complexity index is 617. The van der Waals surface area contributed by atoms with Crippen molar-refractivity contribution in [2.24, 2.45) is 0 Å². The largest absolute Gasteiger partial charge is 0.323 e. The van der Waals surface area contributed by atoms with Gasteiger partial charge in [-0.3, -0.25) is 4.79 Å². The number of carbonyl (C=O) groups excluding carboxylic acids is 1. The molecule has 0 N–H and O–H groups in total. The molecule has 106 valence electrons. The third kappa shape index (κ3) is 3.93. The van der Waals surface area contributed by atoms with Crippen LogP contribution < -0.4 is 0 Å². The standard InChI is InChI=1S/C18H18N2O/c1-15(14-19)20(13-12-16-8-4-2-5-9-16)18(21)17-10-6-3-7-11-17/h2-11,15H,12-13H2,1H3/t15-/m0/s1. The van der Waals surface area contributed by atoms with Crippen molar-refractivity contribution in [2.75, 3.05) is 6.54 Å². The molecule has 0 saturated heterocycles. The van der Waals surface area contributed by atoms with Crippen LogP contribution >= 0.6 is 0 Å². The summed E-state index contributed by atoms with van der Waals surface area (Å²) in [5.74, 6) is -0.0967. The first kappa shape index (κ1) is 14.8. The monoisotopic (exact) mass is 278 g/mol. The first-order chi connectivity index (χ1) is 10.2.